The lowest BCUT2D eigenvalue weighted by molar-refractivity contribution is -0.133. The van der Waals surface area contributed by atoms with Crippen LogP contribution >= 0.6 is 0 Å². The fourth-order valence-corrected chi connectivity index (χ4v) is 2.49. The maximum absolute atomic E-state index is 12.3. The van der Waals surface area contributed by atoms with Crippen molar-refractivity contribution in [1.29, 1.82) is 0 Å². The van der Waals surface area contributed by atoms with Crippen LogP contribution in [0.2, 0.25) is 0 Å². The highest BCUT2D eigenvalue weighted by atomic mass is 16.4. The van der Waals surface area contributed by atoms with Gasteiger partial charge in [0.1, 0.15) is 5.75 Å². The molecule has 2 rings (SSSR count). The van der Waals surface area contributed by atoms with E-state index in [1.54, 1.807) is 0 Å². The summed E-state index contributed by atoms with van der Waals surface area (Å²) in [4.78, 5) is 34.9. The first-order valence-electron chi connectivity index (χ1n) is 7.00. The van der Waals surface area contributed by atoms with E-state index in [2.05, 4.69) is 5.32 Å². The summed E-state index contributed by atoms with van der Waals surface area (Å²) < 4.78 is 0. The molecular formula is C16H17NO5. The maximum atomic E-state index is 12.3. The molecule has 0 saturated heterocycles. The summed E-state index contributed by atoms with van der Waals surface area (Å²) in [7, 11) is 0. The van der Waals surface area contributed by atoms with E-state index in [0.29, 0.717) is 18.5 Å². The van der Waals surface area contributed by atoms with E-state index in [-0.39, 0.29) is 28.2 Å². The molecule has 3 N–H and O–H groups in total. The van der Waals surface area contributed by atoms with Gasteiger partial charge in [0.05, 0.1) is 5.56 Å². The molecule has 6 nitrogen and oxygen atoms in total. The Morgan fingerprint density at radius 1 is 1.09 bits per heavy atom. The number of Topliss-reactive ketones (excluding diaryl/α,β-unsaturated/α-hetero) is 1. The van der Waals surface area contributed by atoms with Crippen LogP contribution in [-0.4, -0.2) is 27.9 Å². The number of ketones is 1. The van der Waals surface area contributed by atoms with Gasteiger partial charge in [0.25, 0.3) is 5.91 Å². The average molecular weight is 303 g/mol. The first kappa shape index (κ1) is 15.8. The third-order valence-electron chi connectivity index (χ3n) is 3.63. The topological polar surface area (TPSA) is 104 Å². The first-order valence-corrected chi connectivity index (χ1v) is 7.00. The smallest absolute Gasteiger partial charge is 0.332 e. The summed E-state index contributed by atoms with van der Waals surface area (Å²) in [6.07, 6.45) is 2.33. The quantitative estimate of drug-likeness (QED) is 0.585. The zero-order valence-electron chi connectivity index (χ0n) is 12.2. The minimum absolute atomic E-state index is 0.105. The van der Waals surface area contributed by atoms with Crippen molar-refractivity contribution in [3.63, 3.8) is 0 Å². The van der Waals surface area contributed by atoms with Crippen LogP contribution in [-0.2, 0) is 9.59 Å². The SMILES string of the molecule is CC(=O)c1cc(NC(=O)C2=C(C(=O)O)CCCC2)ccc1O. The Morgan fingerprint density at radius 2 is 1.73 bits per heavy atom. The number of hydrogen-bond donors (Lipinski definition) is 3. The minimum Gasteiger partial charge on any atom is -0.507 e. The Labute approximate surface area is 127 Å². The molecule has 6 heteroatoms. The molecule has 0 bridgehead atoms. The van der Waals surface area contributed by atoms with Gasteiger partial charge in [-0.05, 0) is 50.8 Å². The zero-order chi connectivity index (χ0) is 16.3. The predicted molar refractivity (Wildman–Crippen MR) is 79.9 cm³/mol. The number of rotatable bonds is 4. The Bertz CT molecular complexity index is 675. The third-order valence-corrected chi connectivity index (χ3v) is 3.63. The fourth-order valence-electron chi connectivity index (χ4n) is 2.49. The summed E-state index contributed by atoms with van der Waals surface area (Å²) in [6, 6.07) is 4.16. The molecule has 0 spiro atoms. The number of benzene rings is 1. The van der Waals surface area contributed by atoms with Gasteiger partial charge in [0.15, 0.2) is 5.78 Å². The van der Waals surface area contributed by atoms with Crippen LogP contribution in [0.1, 0.15) is 43.0 Å². The number of aliphatic carboxylic acids is 1. The van der Waals surface area contributed by atoms with Gasteiger partial charge < -0.3 is 15.5 Å². The second-order valence-electron chi connectivity index (χ2n) is 5.21. The number of nitrogens with one attached hydrogen (secondary N) is 1. The van der Waals surface area contributed by atoms with E-state index in [1.807, 2.05) is 0 Å². The van der Waals surface area contributed by atoms with Gasteiger partial charge in [0, 0.05) is 16.8 Å². The molecule has 22 heavy (non-hydrogen) atoms. The largest absolute Gasteiger partial charge is 0.507 e. The van der Waals surface area contributed by atoms with Crippen molar-refractivity contribution in [2.75, 3.05) is 5.32 Å². The predicted octanol–water partition coefficient (Wildman–Crippen LogP) is 2.49. The fraction of sp³-hybridized carbons (Fsp3) is 0.312. The molecule has 0 radical (unpaired) electrons. The Balaban J connectivity index is 2.27. The van der Waals surface area contributed by atoms with Crippen LogP contribution in [0.15, 0.2) is 29.3 Å². The number of hydrogen-bond acceptors (Lipinski definition) is 4. The van der Waals surface area contributed by atoms with E-state index >= 15 is 0 Å². The molecule has 1 amide bonds. The Hall–Kier alpha value is -2.63. The summed E-state index contributed by atoms with van der Waals surface area (Å²) in [6.45, 7) is 1.31. The Morgan fingerprint density at radius 3 is 2.32 bits per heavy atom. The molecule has 0 saturated carbocycles. The van der Waals surface area contributed by atoms with Crippen LogP contribution < -0.4 is 5.32 Å². The Kier molecular flexibility index (Phi) is 4.60. The lowest BCUT2D eigenvalue weighted by Gasteiger charge is -2.17. The molecule has 116 valence electrons. The standard InChI is InChI=1S/C16H17NO5/c1-9(18)13-8-10(6-7-14(13)19)17-15(20)11-4-2-3-5-12(11)16(21)22/h6-8,19H,2-5H2,1H3,(H,17,20)(H,21,22). The van der Waals surface area contributed by atoms with Crippen LogP contribution in [0.4, 0.5) is 5.69 Å². The summed E-state index contributed by atoms with van der Waals surface area (Å²) in [5.41, 5.74) is 0.871. The lowest BCUT2D eigenvalue weighted by atomic mass is 9.91. The highest BCUT2D eigenvalue weighted by Crippen LogP contribution is 2.27. The molecule has 0 heterocycles. The molecule has 0 aliphatic heterocycles. The number of amides is 1. The monoisotopic (exact) mass is 303 g/mol. The van der Waals surface area contributed by atoms with Gasteiger partial charge in [-0.2, -0.15) is 0 Å². The molecule has 1 aromatic rings. The van der Waals surface area contributed by atoms with Crippen LogP contribution in [0.3, 0.4) is 0 Å². The second kappa shape index (κ2) is 6.43. The van der Waals surface area contributed by atoms with Gasteiger partial charge in [-0.1, -0.05) is 0 Å². The van der Waals surface area contributed by atoms with Crippen molar-refractivity contribution in [3.8, 4) is 5.75 Å². The number of carboxylic acid groups (broad SMARTS) is 1. The highest BCUT2D eigenvalue weighted by molar-refractivity contribution is 6.09. The summed E-state index contributed by atoms with van der Waals surface area (Å²) in [5.74, 6) is -2.03. The molecular weight excluding hydrogens is 286 g/mol. The molecule has 1 aliphatic carbocycles. The van der Waals surface area contributed by atoms with Crippen LogP contribution in [0.5, 0.6) is 5.75 Å². The van der Waals surface area contributed by atoms with Gasteiger partial charge in [-0.3, -0.25) is 9.59 Å². The van der Waals surface area contributed by atoms with Crippen molar-refractivity contribution in [3.05, 3.63) is 34.9 Å². The molecule has 1 aliphatic rings. The molecule has 0 aromatic heterocycles. The number of anilines is 1. The minimum atomic E-state index is -1.07. The van der Waals surface area contributed by atoms with E-state index in [0.717, 1.165) is 12.8 Å². The highest BCUT2D eigenvalue weighted by Gasteiger charge is 2.23. The van der Waals surface area contributed by atoms with Gasteiger partial charge in [-0.25, -0.2) is 4.79 Å². The molecule has 0 fully saturated rings. The van der Waals surface area contributed by atoms with E-state index in [4.69, 9.17) is 5.11 Å². The first-order chi connectivity index (χ1) is 10.4. The van der Waals surface area contributed by atoms with Crippen LogP contribution in [0.25, 0.3) is 0 Å². The lowest BCUT2D eigenvalue weighted by Crippen LogP contribution is -2.21. The van der Waals surface area contributed by atoms with Crippen molar-refractivity contribution in [2.24, 2.45) is 0 Å². The number of phenols is 1. The maximum Gasteiger partial charge on any atom is 0.332 e. The van der Waals surface area contributed by atoms with Gasteiger partial charge in [-0.15, -0.1) is 0 Å². The van der Waals surface area contributed by atoms with E-state index in [9.17, 15) is 19.5 Å². The van der Waals surface area contributed by atoms with Crippen LogP contribution in [0, 0.1) is 0 Å². The van der Waals surface area contributed by atoms with Gasteiger partial charge in [0.2, 0.25) is 0 Å². The number of carbonyl (C=O) groups is 3. The normalized spacial score (nSPS) is 14.6. The van der Waals surface area contributed by atoms with Crippen molar-refractivity contribution in [1.82, 2.24) is 0 Å². The number of aromatic hydroxyl groups is 1. The number of carboxylic acids is 1. The average Bonchev–Trinajstić information content (AvgIpc) is 2.48. The van der Waals surface area contributed by atoms with Crippen molar-refractivity contribution >= 4 is 23.3 Å². The summed E-state index contributed by atoms with van der Waals surface area (Å²) in [5, 5.41) is 21.3. The zero-order valence-corrected chi connectivity index (χ0v) is 12.2. The number of carbonyl (C=O) groups excluding carboxylic acids is 2. The van der Waals surface area contributed by atoms with Crippen molar-refractivity contribution in [2.45, 2.75) is 32.6 Å². The van der Waals surface area contributed by atoms with E-state index in [1.165, 1.54) is 25.1 Å². The van der Waals surface area contributed by atoms with Gasteiger partial charge >= 0.3 is 5.97 Å². The summed E-state index contributed by atoms with van der Waals surface area (Å²) >= 11 is 0. The van der Waals surface area contributed by atoms with Crippen molar-refractivity contribution < 1.29 is 24.6 Å². The molecule has 1 aromatic carbocycles. The molecule has 0 atom stereocenters. The second-order valence-corrected chi connectivity index (χ2v) is 5.21. The van der Waals surface area contributed by atoms with E-state index < -0.39 is 11.9 Å². The molecule has 0 unspecified atom stereocenters. The third kappa shape index (κ3) is 3.33. The number of phenolic OH excluding ortho intramolecular Hbond substituents is 1.